The summed E-state index contributed by atoms with van der Waals surface area (Å²) in [7, 11) is 10.5. The number of aryl methyl sites for hydroxylation is 1. The van der Waals surface area contributed by atoms with Gasteiger partial charge in [0.05, 0.1) is 25.4 Å². The van der Waals surface area contributed by atoms with Gasteiger partial charge in [-0.3, -0.25) is 14.5 Å². The first-order chi connectivity index (χ1) is 36.7. The smallest absolute Gasteiger partial charge is 0.435 e. The van der Waals surface area contributed by atoms with E-state index >= 15 is 0 Å². The van der Waals surface area contributed by atoms with Crippen LogP contribution in [-0.2, 0) is 39.7 Å². The van der Waals surface area contributed by atoms with E-state index in [9.17, 15) is 53.9 Å². The highest BCUT2D eigenvalue weighted by atomic mass is 33.1. The van der Waals surface area contributed by atoms with E-state index in [1.165, 1.54) is 29.3 Å². The van der Waals surface area contributed by atoms with Gasteiger partial charge in [0.15, 0.2) is 0 Å². The number of fused-ring (bicyclic) bond motifs is 5. The molecule has 1 heterocycles. The van der Waals surface area contributed by atoms with Gasteiger partial charge in [0.2, 0.25) is 5.91 Å². The molecule has 3 amide bonds. The number of halogens is 9. The van der Waals surface area contributed by atoms with E-state index < -0.39 is 49.4 Å². The number of allylic oxidation sites excluding steroid dienone is 1. The van der Waals surface area contributed by atoms with E-state index in [1.807, 2.05) is 27.7 Å². The molecule has 2 saturated carbocycles. The molecular weight excluding hydrogens is 1080 g/mol. The van der Waals surface area contributed by atoms with E-state index in [0.29, 0.717) is 56.3 Å². The Labute approximate surface area is 461 Å². The second-order valence-electron chi connectivity index (χ2n) is 21.8. The Morgan fingerprint density at radius 1 is 0.897 bits per heavy atom. The first-order valence-electron chi connectivity index (χ1n) is 27.1. The van der Waals surface area contributed by atoms with Gasteiger partial charge >= 0.3 is 30.2 Å². The Kier molecular flexibility index (Phi) is 24.7. The van der Waals surface area contributed by atoms with Crippen molar-refractivity contribution in [3.8, 4) is 5.75 Å². The highest BCUT2D eigenvalue weighted by molar-refractivity contribution is 8.77. The Balaban J connectivity index is 0.922. The van der Waals surface area contributed by atoms with E-state index in [1.54, 1.807) is 14.2 Å². The van der Waals surface area contributed by atoms with Crippen molar-refractivity contribution in [1.82, 2.24) is 20.4 Å². The number of carbonyl (C=O) groups excluding carboxylic acids is 3. The van der Waals surface area contributed by atoms with Gasteiger partial charge in [0.25, 0.3) is 0 Å². The van der Waals surface area contributed by atoms with Crippen LogP contribution in [0.15, 0.2) is 30.0 Å². The van der Waals surface area contributed by atoms with Crippen LogP contribution < -0.4 is 15.4 Å². The number of likely N-dealkylation sites (N-methyl/N-ethyl adjacent to an activating group) is 1. The summed E-state index contributed by atoms with van der Waals surface area (Å²) >= 11 is 0. The molecule has 13 nitrogen and oxygen atoms in total. The molecular formula is C54H81F9N4O9S2. The fourth-order valence-corrected chi connectivity index (χ4v) is 14.3. The van der Waals surface area contributed by atoms with Gasteiger partial charge in [0, 0.05) is 76.1 Å². The van der Waals surface area contributed by atoms with E-state index in [-0.39, 0.29) is 59.7 Å². The maximum Gasteiger partial charge on any atom is 0.435 e. The monoisotopic (exact) mass is 1160 g/mol. The molecule has 24 heteroatoms. The summed E-state index contributed by atoms with van der Waals surface area (Å²) in [5.74, 6) is 2.67. The predicted molar refractivity (Wildman–Crippen MR) is 281 cm³/mol. The lowest BCUT2D eigenvalue weighted by molar-refractivity contribution is -0.457. The average molecular weight is 1170 g/mol. The lowest BCUT2D eigenvalue weighted by atomic mass is 9.55. The predicted octanol–water partition coefficient (Wildman–Crippen LogP) is 11.6. The molecule has 0 bridgehead atoms. The van der Waals surface area contributed by atoms with Crippen molar-refractivity contribution in [1.29, 1.82) is 0 Å². The standard InChI is InChI=1S/C54H81F9N4O9S2/c1-49(2,78-77-30-11-9-8-10-24-65-46(69)20-13-36(34-68)33-67(48(70)64-4)47-32-43(72-7)44(76-47)35-71-6)23-25-66(5)26-29-73-38-15-17-39-37(31-38)14-16-41-40(39)21-22-50(3)42(41)18-19-45(50)74-27-12-28-75-51(52(55,56)57,53(58,59)60)54(61,62)63/h15,17,31,33-34,40-45,47H,8-14,16,18-30,32,35H2,1-7H3,(H,64,70)(H,65,69)/b36-33-. The van der Waals surface area contributed by atoms with E-state index in [4.69, 9.17) is 23.7 Å². The number of benzene rings is 1. The second-order valence-corrected chi connectivity index (χ2v) is 25.0. The number of alkyl halides is 9. The number of aldehydes is 1. The number of ether oxygens (including phenoxy) is 6. The molecule has 446 valence electrons. The minimum absolute atomic E-state index is 0.0742. The number of rotatable bonds is 31. The second kappa shape index (κ2) is 29.3. The molecule has 78 heavy (non-hydrogen) atoms. The Hall–Kier alpha value is -3.00. The normalized spacial score (nSPS) is 24.9. The van der Waals surface area contributed by atoms with Gasteiger partial charge in [0.1, 0.15) is 31.0 Å². The molecule has 1 aliphatic heterocycles. The summed E-state index contributed by atoms with van der Waals surface area (Å²) in [6, 6.07) is 5.90. The van der Waals surface area contributed by atoms with Gasteiger partial charge in [-0.05, 0) is 144 Å². The SMILES string of the molecule is CNC(=O)N(/C=C(\C=O)CCC(=O)NCCCCCCSSC(C)(C)CCN(C)CCOc1ccc2c(c1)CCC1C2CCC2(C)C(OCCCOC(C(F)(F)F)(C(F)(F)F)C(F)(F)F)CCC12)C1CC(OC)C(COC)O1. The Bertz CT molecular complexity index is 2070. The summed E-state index contributed by atoms with van der Waals surface area (Å²) < 4.78 is 152. The Morgan fingerprint density at radius 3 is 2.28 bits per heavy atom. The highest BCUT2D eigenvalue weighted by Gasteiger charge is 2.85. The summed E-state index contributed by atoms with van der Waals surface area (Å²) in [5, 5.41) is 5.51. The van der Waals surface area contributed by atoms with Crippen LogP contribution in [0.5, 0.6) is 5.75 Å². The third kappa shape index (κ3) is 17.0. The zero-order valence-corrected chi connectivity index (χ0v) is 47.6. The molecule has 1 aromatic carbocycles. The van der Waals surface area contributed by atoms with Crippen LogP contribution >= 0.6 is 21.6 Å². The molecule has 0 aromatic heterocycles. The van der Waals surface area contributed by atoms with Crippen LogP contribution in [0.2, 0.25) is 0 Å². The average Bonchev–Trinajstić information content (AvgIpc) is 4.02. The molecule has 0 radical (unpaired) electrons. The number of urea groups is 1. The van der Waals surface area contributed by atoms with Crippen molar-refractivity contribution >= 4 is 39.8 Å². The number of unbranched alkanes of at least 4 members (excludes halogenated alkanes) is 3. The quantitative estimate of drug-likeness (QED) is 0.0241. The van der Waals surface area contributed by atoms with Crippen molar-refractivity contribution in [3.05, 3.63) is 41.1 Å². The minimum Gasteiger partial charge on any atom is -0.492 e. The first kappa shape index (κ1) is 65.8. The van der Waals surface area contributed by atoms with Crippen LogP contribution in [-0.4, -0.2) is 162 Å². The van der Waals surface area contributed by atoms with Crippen molar-refractivity contribution in [2.24, 2.45) is 17.3 Å². The topological polar surface area (TPSA) is 137 Å². The maximum absolute atomic E-state index is 13.3. The minimum atomic E-state index is -6.76. The Morgan fingerprint density at radius 2 is 1.62 bits per heavy atom. The number of methoxy groups -OCH3 is 2. The number of nitrogens with zero attached hydrogens (tertiary/aromatic N) is 2. The largest absolute Gasteiger partial charge is 0.492 e. The van der Waals surface area contributed by atoms with Crippen LogP contribution in [0.25, 0.3) is 0 Å². The molecule has 5 rings (SSSR count). The molecule has 3 fully saturated rings. The zero-order valence-electron chi connectivity index (χ0n) is 46.0. The van der Waals surface area contributed by atoms with Gasteiger partial charge in [-0.25, -0.2) is 4.79 Å². The number of hydrogen-bond acceptors (Lipinski definition) is 12. The van der Waals surface area contributed by atoms with Gasteiger partial charge in [-0.15, -0.1) is 0 Å². The fraction of sp³-hybridized carbons (Fsp3) is 0.796. The number of hydrogen-bond donors (Lipinski definition) is 2. The van der Waals surface area contributed by atoms with Crippen LogP contribution in [0.4, 0.5) is 44.3 Å². The van der Waals surface area contributed by atoms with Gasteiger partial charge in [-0.1, -0.05) is 47.4 Å². The highest BCUT2D eigenvalue weighted by Crippen LogP contribution is 2.62. The fourth-order valence-electron chi connectivity index (χ4n) is 11.6. The van der Waals surface area contributed by atoms with Crippen molar-refractivity contribution in [2.45, 2.75) is 176 Å². The summed E-state index contributed by atoms with van der Waals surface area (Å²) in [4.78, 5) is 40.8. The van der Waals surface area contributed by atoms with Crippen molar-refractivity contribution < 1.29 is 82.3 Å². The van der Waals surface area contributed by atoms with Crippen LogP contribution in [0, 0.1) is 17.3 Å². The molecule has 2 N–H and O–H groups in total. The first-order valence-corrected chi connectivity index (χ1v) is 29.4. The molecule has 8 atom stereocenters. The van der Waals surface area contributed by atoms with E-state index in [0.717, 1.165) is 88.8 Å². The number of nitrogens with one attached hydrogen (secondary N) is 2. The molecule has 3 aliphatic carbocycles. The third-order valence-electron chi connectivity index (χ3n) is 16.0. The molecule has 1 saturated heterocycles. The lowest BCUT2D eigenvalue weighted by Crippen LogP contribution is -2.67. The summed E-state index contributed by atoms with van der Waals surface area (Å²) in [6.45, 7) is 7.93. The molecule has 1 aromatic rings. The van der Waals surface area contributed by atoms with Crippen molar-refractivity contribution in [2.75, 3.05) is 80.1 Å². The number of carbonyl (C=O) groups is 3. The maximum atomic E-state index is 13.3. The molecule has 0 spiro atoms. The van der Waals surface area contributed by atoms with Crippen LogP contribution in [0.3, 0.4) is 0 Å². The van der Waals surface area contributed by atoms with Gasteiger partial charge in [-0.2, -0.15) is 39.5 Å². The zero-order chi connectivity index (χ0) is 57.5. The van der Waals surface area contributed by atoms with Gasteiger partial charge < -0.3 is 44.0 Å². The molecule has 8 unspecified atom stereocenters. The van der Waals surface area contributed by atoms with Crippen molar-refractivity contribution in [3.63, 3.8) is 0 Å². The summed E-state index contributed by atoms with van der Waals surface area (Å²) in [5.41, 5.74) is -3.70. The molecule has 4 aliphatic rings. The van der Waals surface area contributed by atoms with E-state index in [2.05, 4.69) is 60.2 Å². The number of amides is 3. The lowest BCUT2D eigenvalue weighted by Gasteiger charge is -2.50. The van der Waals surface area contributed by atoms with Crippen LogP contribution in [0.1, 0.15) is 128 Å². The third-order valence-corrected chi connectivity index (χ3v) is 19.4. The summed E-state index contributed by atoms with van der Waals surface area (Å²) in [6.07, 6.45) is -9.76.